The molecule has 5 nitrogen and oxygen atoms in total. The lowest BCUT2D eigenvalue weighted by atomic mass is 9.91. The number of carbonyl (C=O) groups is 1. The van der Waals surface area contributed by atoms with Crippen LogP contribution in [0, 0.1) is 5.82 Å². The number of ether oxygens (including phenoxy) is 1. The average Bonchev–Trinajstić information content (AvgIpc) is 3.13. The van der Waals surface area contributed by atoms with Crippen LogP contribution < -0.4 is 9.64 Å². The van der Waals surface area contributed by atoms with Crippen LogP contribution in [-0.2, 0) is 4.79 Å². The van der Waals surface area contributed by atoms with Gasteiger partial charge in [-0.25, -0.2) is 4.39 Å². The Balaban J connectivity index is 1.23. The zero-order valence-electron chi connectivity index (χ0n) is 20.2. The van der Waals surface area contributed by atoms with Gasteiger partial charge in [0.1, 0.15) is 11.6 Å². The van der Waals surface area contributed by atoms with Gasteiger partial charge in [-0.3, -0.25) is 9.69 Å². The van der Waals surface area contributed by atoms with E-state index in [0.717, 1.165) is 63.2 Å². The highest BCUT2D eigenvalue weighted by Crippen LogP contribution is 2.38. The van der Waals surface area contributed by atoms with Crippen LogP contribution in [0.5, 0.6) is 5.75 Å². The zero-order valence-corrected chi connectivity index (χ0v) is 20.2. The van der Waals surface area contributed by atoms with Crippen molar-refractivity contribution in [1.29, 1.82) is 0 Å². The Hall–Kier alpha value is -2.60. The Bertz CT molecular complexity index is 961. The number of piperidine rings is 1. The van der Waals surface area contributed by atoms with Gasteiger partial charge in [-0.15, -0.1) is 0 Å². The van der Waals surface area contributed by atoms with Gasteiger partial charge < -0.3 is 14.5 Å². The predicted octanol–water partition coefficient (Wildman–Crippen LogP) is 4.67. The lowest BCUT2D eigenvalue weighted by Gasteiger charge is -2.39. The number of nitrogens with zero attached hydrogens (tertiary/aromatic N) is 3. The Morgan fingerprint density at radius 3 is 2.38 bits per heavy atom. The third kappa shape index (κ3) is 4.78. The fourth-order valence-corrected chi connectivity index (χ4v) is 6.21. The first-order valence-electron chi connectivity index (χ1n) is 12.8. The van der Waals surface area contributed by atoms with Gasteiger partial charge in [-0.05, 0) is 62.8 Å². The molecule has 0 spiro atoms. The second-order valence-electron chi connectivity index (χ2n) is 9.96. The fourth-order valence-electron chi connectivity index (χ4n) is 6.21. The molecule has 5 rings (SSSR count). The van der Waals surface area contributed by atoms with Crippen molar-refractivity contribution < 1.29 is 13.9 Å². The second-order valence-corrected chi connectivity index (χ2v) is 9.96. The van der Waals surface area contributed by atoms with Crippen LogP contribution in [0.4, 0.5) is 10.1 Å². The van der Waals surface area contributed by atoms with Crippen molar-refractivity contribution in [3.05, 3.63) is 59.9 Å². The number of carbonyl (C=O) groups excluding carboxylic acids is 1. The molecule has 1 amide bonds. The van der Waals surface area contributed by atoms with Crippen LogP contribution >= 0.6 is 0 Å². The highest BCUT2D eigenvalue weighted by Gasteiger charge is 2.42. The number of hydrogen-bond donors (Lipinski definition) is 0. The van der Waals surface area contributed by atoms with Gasteiger partial charge in [-0.1, -0.05) is 30.3 Å². The lowest BCUT2D eigenvalue weighted by Crippen LogP contribution is -2.48. The van der Waals surface area contributed by atoms with Gasteiger partial charge in [0.05, 0.1) is 18.7 Å². The molecule has 6 heteroatoms. The Labute approximate surface area is 202 Å². The van der Waals surface area contributed by atoms with Gasteiger partial charge in [0.2, 0.25) is 5.91 Å². The number of halogens is 1. The molecule has 34 heavy (non-hydrogen) atoms. The molecule has 3 aliphatic heterocycles. The predicted molar refractivity (Wildman–Crippen MR) is 133 cm³/mol. The molecule has 0 aliphatic carbocycles. The zero-order chi connectivity index (χ0) is 23.5. The third-order valence-electron chi connectivity index (χ3n) is 8.04. The summed E-state index contributed by atoms with van der Waals surface area (Å²) in [6, 6.07) is 15.9. The summed E-state index contributed by atoms with van der Waals surface area (Å²) < 4.78 is 19.3. The fraction of sp³-hybridized carbons (Fsp3) is 0.536. The van der Waals surface area contributed by atoms with E-state index in [4.69, 9.17) is 4.74 Å². The van der Waals surface area contributed by atoms with Gasteiger partial charge in [0.25, 0.3) is 0 Å². The molecule has 3 fully saturated rings. The van der Waals surface area contributed by atoms with E-state index in [9.17, 15) is 9.18 Å². The van der Waals surface area contributed by atoms with E-state index < -0.39 is 0 Å². The number of fused-ring (bicyclic) bond motifs is 2. The van der Waals surface area contributed by atoms with Crippen LogP contribution in [0.25, 0.3) is 0 Å². The van der Waals surface area contributed by atoms with Crippen molar-refractivity contribution in [2.45, 2.75) is 56.5 Å². The van der Waals surface area contributed by atoms with E-state index in [2.05, 4.69) is 26.8 Å². The molecule has 0 saturated carbocycles. The normalized spacial score (nSPS) is 23.7. The van der Waals surface area contributed by atoms with E-state index in [1.54, 1.807) is 19.2 Å². The van der Waals surface area contributed by atoms with E-state index in [1.807, 2.05) is 18.2 Å². The van der Waals surface area contributed by atoms with Gasteiger partial charge in [-0.2, -0.15) is 0 Å². The van der Waals surface area contributed by atoms with Crippen molar-refractivity contribution in [2.24, 2.45) is 0 Å². The Morgan fingerprint density at radius 1 is 1.00 bits per heavy atom. The first-order chi connectivity index (χ1) is 16.6. The molecular formula is C28H36FN3O2. The molecule has 3 heterocycles. The molecule has 3 aliphatic rings. The summed E-state index contributed by atoms with van der Waals surface area (Å²) in [6.07, 6.45) is 6.76. The van der Waals surface area contributed by atoms with Gasteiger partial charge >= 0.3 is 0 Å². The van der Waals surface area contributed by atoms with Crippen LogP contribution in [0.2, 0.25) is 0 Å². The van der Waals surface area contributed by atoms with E-state index in [-0.39, 0.29) is 11.7 Å². The van der Waals surface area contributed by atoms with Crippen LogP contribution in [0.3, 0.4) is 0 Å². The van der Waals surface area contributed by atoms with Crippen molar-refractivity contribution in [1.82, 2.24) is 9.80 Å². The smallest absolute Gasteiger partial charge is 0.230 e. The number of piperazine rings is 1. The molecule has 2 bridgehead atoms. The van der Waals surface area contributed by atoms with Crippen LogP contribution in [0.15, 0.2) is 48.5 Å². The molecule has 0 radical (unpaired) electrons. The largest absolute Gasteiger partial charge is 0.495 e. The maximum atomic E-state index is 13.8. The summed E-state index contributed by atoms with van der Waals surface area (Å²) in [7, 11) is 1.63. The quantitative estimate of drug-likeness (QED) is 0.595. The lowest BCUT2D eigenvalue weighted by molar-refractivity contribution is -0.137. The molecule has 3 atom stereocenters. The maximum absolute atomic E-state index is 13.8. The molecule has 2 aromatic rings. The third-order valence-corrected chi connectivity index (χ3v) is 8.04. The topological polar surface area (TPSA) is 36.0 Å². The van der Waals surface area contributed by atoms with E-state index >= 15 is 0 Å². The molecule has 182 valence electrons. The standard InChI is InChI=1S/C28H36FN3O2/c1-34-27-13-10-22(29)20-26(27)31-18-16-30(17-19-31)15-14-25(21-6-3-2-4-7-21)28(33)32-23-8-5-9-24(32)12-11-23/h2-4,6-7,10,13,20,23-25H,5,8-9,11-12,14-19H2,1H3. The molecule has 3 saturated heterocycles. The second kappa shape index (κ2) is 10.3. The van der Waals surface area contributed by atoms with Gasteiger partial charge in [0, 0.05) is 44.3 Å². The number of anilines is 1. The summed E-state index contributed by atoms with van der Waals surface area (Å²) in [4.78, 5) is 20.7. The molecule has 2 aromatic carbocycles. The van der Waals surface area contributed by atoms with Crippen molar-refractivity contribution in [2.75, 3.05) is 44.7 Å². The number of hydrogen-bond acceptors (Lipinski definition) is 4. The highest BCUT2D eigenvalue weighted by molar-refractivity contribution is 5.84. The van der Waals surface area contributed by atoms with Gasteiger partial charge in [0.15, 0.2) is 0 Å². The Kier molecular flexibility index (Phi) is 7.05. The first-order valence-corrected chi connectivity index (χ1v) is 12.8. The minimum absolute atomic E-state index is 0.0799. The minimum atomic E-state index is -0.242. The monoisotopic (exact) mass is 465 g/mol. The number of methoxy groups -OCH3 is 1. The maximum Gasteiger partial charge on any atom is 0.230 e. The first kappa shape index (κ1) is 23.2. The summed E-state index contributed by atoms with van der Waals surface area (Å²) in [5.74, 6) is 0.722. The summed E-state index contributed by atoms with van der Waals surface area (Å²) in [5.41, 5.74) is 1.96. The van der Waals surface area contributed by atoms with Crippen molar-refractivity contribution in [3.63, 3.8) is 0 Å². The molecule has 0 N–H and O–H groups in total. The van der Waals surface area contributed by atoms with E-state index in [1.165, 1.54) is 25.3 Å². The molecule has 3 unspecified atom stereocenters. The number of benzene rings is 2. The number of rotatable bonds is 7. The van der Waals surface area contributed by atoms with Crippen molar-refractivity contribution >= 4 is 11.6 Å². The number of amides is 1. The highest BCUT2D eigenvalue weighted by atomic mass is 19.1. The SMILES string of the molecule is COc1ccc(F)cc1N1CCN(CCC(C(=O)N2C3CCCC2CC3)c2ccccc2)CC1. The Morgan fingerprint density at radius 2 is 1.71 bits per heavy atom. The molecule has 0 aromatic heterocycles. The van der Waals surface area contributed by atoms with Crippen LogP contribution in [0.1, 0.15) is 50.0 Å². The van der Waals surface area contributed by atoms with E-state index in [0.29, 0.717) is 23.7 Å². The van der Waals surface area contributed by atoms with Crippen molar-refractivity contribution in [3.8, 4) is 5.75 Å². The summed E-state index contributed by atoms with van der Waals surface area (Å²) in [5, 5.41) is 0. The van der Waals surface area contributed by atoms with Crippen LogP contribution in [-0.4, -0.2) is 67.6 Å². The minimum Gasteiger partial charge on any atom is -0.495 e. The summed E-state index contributed by atoms with van der Waals surface area (Å²) in [6.45, 7) is 4.32. The summed E-state index contributed by atoms with van der Waals surface area (Å²) >= 11 is 0. The average molecular weight is 466 g/mol. The molecular weight excluding hydrogens is 429 g/mol.